The van der Waals surface area contributed by atoms with Crippen LogP contribution in [0.5, 0.6) is 0 Å². The second-order valence-corrected chi connectivity index (χ2v) is 11.1. The van der Waals surface area contributed by atoms with Gasteiger partial charge < -0.3 is 14.5 Å². The summed E-state index contributed by atoms with van der Waals surface area (Å²) in [6, 6.07) is 0.0417. The fourth-order valence-electron chi connectivity index (χ4n) is 4.02. The molecular formula is C19H30N4O6S. The number of rotatable bonds is 5. The molecule has 0 bridgehead atoms. The second kappa shape index (κ2) is 9.01. The van der Waals surface area contributed by atoms with Gasteiger partial charge in [0, 0.05) is 37.5 Å². The van der Waals surface area contributed by atoms with Crippen LogP contribution in [0.15, 0.2) is 13.6 Å². The normalized spacial score (nSPS) is 29.1. The molecule has 0 aliphatic carbocycles. The van der Waals surface area contributed by atoms with E-state index in [1.807, 2.05) is 13.8 Å². The lowest BCUT2D eigenvalue weighted by atomic mass is 9.85. The maximum atomic E-state index is 13.1. The number of amides is 2. The second-order valence-electron chi connectivity index (χ2n) is 8.60. The van der Waals surface area contributed by atoms with Crippen LogP contribution in [0, 0.1) is 12.8 Å². The molecule has 1 unspecified atom stereocenters. The lowest BCUT2D eigenvalue weighted by Gasteiger charge is -2.44. The number of ether oxygens (including phenoxy) is 1. The third-order valence-electron chi connectivity index (χ3n) is 5.47. The highest BCUT2D eigenvalue weighted by molar-refractivity contribution is 7.93. The van der Waals surface area contributed by atoms with Crippen molar-refractivity contribution < 1.29 is 23.0 Å². The average Bonchev–Trinajstić information content (AvgIpc) is 2.94. The number of hydrogen-bond acceptors (Lipinski definition) is 7. The van der Waals surface area contributed by atoms with E-state index in [2.05, 4.69) is 14.8 Å². The van der Waals surface area contributed by atoms with Gasteiger partial charge in [-0.05, 0) is 31.6 Å². The maximum absolute atomic E-state index is 13.1. The molecule has 1 aromatic rings. The summed E-state index contributed by atoms with van der Waals surface area (Å²) in [7, 11) is -2.71. The molecule has 168 valence electrons. The van der Waals surface area contributed by atoms with Crippen LogP contribution >= 0.6 is 0 Å². The van der Waals surface area contributed by atoms with Crippen molar-refractivity contribution in [1.82, 2.24) is 15.1 Å². The molecule has 11 heteroatoms. The Balaban J connectivity index is 1.59. The van der Waals surface area contributed by atoms with Crippen LogP contribution < -0.4 is 11.1 Å². The Morgan fingerprint density at radius 3 is 2.67 bits per heavy atom. The van der Waals surface area contributed by atoms with Crippen LogP contribution in [0.4, 0.5) is 0 Å². The van der Waals surface area contributed by atoms with E-state index < -0.39 is 33.5 Å². The molecule has 2 fully saturated rings. The molecule has 0 saturated carbocycles. The van der Waals surface area contributed by atoms with Gasteiger partial charge in [0.2, 0.25) is 11.8 Å². The van der Waals surface area contributed by atoms with Gasteiger partial charge in [0.05, 0.1) is 15.3 Å². The Kier molecular flexibility index (Phi) is 6.81. The smallest absolute Gasteiger partial charge is 0.393 e. The number of aromatic nitrogens is 2. The summed E-state index contributed by atoms with van der Waals surface area (Å²) >= 11 is 0. The molecule has 1 N–H and O–H groups in total. The highest BCUT2D eigenvalue weighted by Crippen LogP contribution is 2.36. The van der Waals surface area contributed by atoms with Gasteiger partial charge in [-0.1, -0.05) is 13.8 Å². The van der Waals surface area contributed by atoms with E-state index in [0.717, 1.165) is 11.1 Å². The largest absolute Gasteiger partial charge is 0.437 e. The molecule has 2 amide bonds. The molecule has 0 aromatic carbocycles. The van der Waals surface area contributed by atoms with Crippen molar-refractivity contribution in [3.63, 3.8) is 0 Å². The van der Waals surface area contributed by atoms with Gasteiger partial charge in [-0.25, -0.2) is 9.00 Å². The minimum atomic E-state index is -2.71. The number of carbonyl (C=O) groups excluding carboxylic acids is 2. The molecule has 2 aliphatic rings. The fourth-order valence-corrected chi connectivity index (χ4v) is 6.22. The zero-order chi connectivity index (χ0) is 21.9. The van der Waals surface area contributed by atoms with Crippen molar-refractivity contribution in [3.05, 3.63) is 16.4 Å². The molecule has 3 heterocycles. The summed E-state index contributed by atoms with van der Waals surface area (Å²) in [6.45, 7) is 5.67. The topological polar surface area (TPSA) is 133 Å². The first-order valence-electron chi connectivity index (χ1n) is 10.3. The Labute approximate surface area is 175 Å². The standard InChI is InChI=1S/C19H30N4O6S/c1-13(2)10-16(24)20-15-4-7-28-19(11-15)5-8-30(27,9-6-19)22-17(25)12-23-18(26)29-14(3)21-23/h13,15H,4-12H2,1-3H3,(H,20,24). The van der Waals surface area contributed by atoms with Crippen molar-refractivity contribution in [1.29, 1.82) is 0 Å². The molecule has 1 spiro atoms. The van der Waals surface area contributed by atoms with Gasteiger partial charge in [0.1, 0.15) is 6.54 Å². The fraction of sp³-hybridized carbons (Fsp3) is 0.789. The van der Waals surface area contributed by atoms with E-state index in [1.165, 1.54) is 6.92 Å². The number of hydrogen-bond donors (Lipinski definition) is 1. The Morgan fingerprint density at radius 1 is 1.37 bits per heavy atom. The minimum Gasteiger partial charge on any atom is -0.393 e. The predicted octanol–water partition coefficient (Wildman–Crippen LogP) is 1.01. The molecule has 1 atom stereocenters. The lowest BCUT2D eigenvalue weighted by Crippen LogP contribution is -2.52. The van der Waals surface area contributed by atoms with E-state index >= 15 is 0 Å². The molecular weight excluding hydrogens is 412 g/mol. The molecule has 0 radical (unpaired) electrons. The van der Waals surface area contributed by atoms with E-state index in [1.54, 1.807) is 0 Å². The zero-order valence-electron chi connectivity index (χ0n) is 17.7. The van der Waals surface area contributed by atoms with E-state index in [9.17, 15) is 18.6 Å². The number of carbonyl (C=O) groups is 2. The van der Waals surface area contributed by atoms with Crippen LogP contribution in [0.2, 0.25) is 0 Å². The van der Waals surface area contributed by atoms with Gasteiger partial charge in [0.25, 0.3) is 5.91 Å². The van der Waals surface area contributed by atoms with Crippen LogP contribution in [0.1, 0.15) is 51.8 Å². The van der Waals surface area contributed by atoms with E-state index in [-0.39, 0.29) is 29.3 Å². The van der Waals surface area contributed by atoms with Gasteiger partial charge in [-0.15, -0.1) is 5.10 Å². The quantitative estimate of drug-likeness (QED) is 0.719. The Morgan fingerprint density at radius 2 is 2.07 bits per heavy atom. The molecule has 2 saturated heterocycles. The predicted molar refractivity (Wildman–Crippen MR) is 109 cm³/mol. The number of aryl methyl sites for hydroxylation is 1. The third kappa shape index (κ3) is 5.78. The zero-order valence-corrected chi connectivity index (χ0v) is 18.5. The SMILES string of the molecule is Cc1nn(CC(=O)N=S2(=O)CCC3(CC2)CC(NC(=O)CC(C)C)CCO3)c(=O)o1. The van der Waals surface area contributed by atoms with Crippen molar-refractivity contribution in [2.24, 2.45) is 10.3 Å². The third-order valence-corrected chi connectivity index (χ3v) is 7.69. The van der Waals surface area contributed by atoms with Crippen molar-refractivity contribution >= 4 is 21.5 Å². The number of nitrogens with one attached hydrogen (secondary N) is 1. The monoisotopic (exact) mass is 442 g/mol. The first kappa shape index (κ1) is 22.7. The maximum Gasteiger partial charge on any atom is 0.437 e. The summed E-state index contributed by atoms with van der Waals surface area (Å²) in [4.78, 5) is 35.9. The van der Waals surface area contributed by atoms with Crippen molar-refractivity contribution in [2.75, 3.05) is 18.1 Å². The lowest BCUT2D eigenvalue weighted by molar-refractivity contribution is -0.127. The summed E-state index contributed by atoms with van der Waals surface area (Å²) in [5, 5.41) is 6.89. The van der Waals surface area contributed by atoms with Gasteiger partial charge >= 0.3 is 5.76 Å². The minimum absolute atomic E-state index is 0.0417. The average molecular weight is 443 g/mol. The summed E-state index contributed by atoms with van der Waals surface area (Å²) in [6.07, 6.45) is 2.96. The summed E-state index contributed by atoms with van der Waals surface area (Å²) in [5.41, 5.74) is -0.437. The van der Waals surface area contributed by atoms with Gasteiger partial charge in [0.15, 0.2) is 0 Å². The molecule has 3 rings (SSSR count). The van der Waals surface area contributed by atoms with E-state index in [4.69, 9.17) is 9.15 Å². The van der Waals surface area contributed by atoms with Crippen LogP contribution in [-0.2, 0) is 30.6 Å². The summed E-state index contributed by atoms with van der Waals surface area (Å²) < 4.78 is 28.6. The molecule has 2 aliphatic heterocycles. The molecule has 10 nitrogen and oxygen atoms in total. The first-order valence-corrected chi connectivity index (χ1v) is 12.2. The first-order chi connectivity index (χ1) is 14.1. The highest BCUT2D eigenvalue weighted by Gasteiger charge is 2.42. The Hall–Kier alpha value is -2.01. The van der Waals surface area contributed by atoms with Crippen molar-refractivity contribution in [2.45, 2.75) is 71.1 Å². The molecule has 1 aromatic heterocycles. The van der Waals surface area contributed by atoms with E-state index in [0.29, 0.717) is 38.2 Å². The summed E-state index contributed by atoms with van der Waals surface area (Å²) in [5.74, 6) is -0.401. The highest BCUT2D eigenvalue weighted by atomic mass is 32.2. The number of nitrogens with zero attached hydrogens (tertiary/aromatic N) is 3. The van der Waals surface area contributed by atoms with Crippen molar-refractivity contribution in [3.8, 4) is 0 Å². The van der Waals surface area contributed by atoms with Gasteiger partial charge in [-0.3, -0.25) is 9.59 Å². The Bertz CT molecular complexity index is 958. The van der Waals surface area contributed by atoms with Crippen LogP contribution in [-0.4, -0.2) is 55.6 Å². The molecule has 30 heavy (non-hydrogen) atoms. The van der Waals surface area contributed by atoms with Crippen LogP contribution in [0.3, 0.4) is 0 Å². The van der Waals surface area contributed by atoms with Gasteiger partial charge in [-0.2, -0.15) is 9.04 Å². The van der Waals surface area contributed by atoms with Crippen LogP contribution in [0.25, 0.3) is 0 Å².